The Labute approximate surface area is 108 Å². The number of aromatic nitrogens is 1. The molecule has 3 nitrogen and oxygen atoms in total. The molecule has 1 saturated heterocycles. The highest BCUT2D eigenvalue weighted by Crippen LogP contribution is 2.29. The lowest BCUT2D eigenvalue weighted by atomic mass is 9.95. The summed E-state index contributed by atoms with van der Waals surface area (Å²) in [5.74, 6) is 0. The second kappa shape index (κ2) is 5.46. The third kappa shape index (κ3) is 2.87. The number of nitrogens with zero attached hydrogens (tertiary/aromatic N) is 2. The van der Waals surface area contributed by atoms with Crippen molar-refractivity contribution in [1.29, 1.82) is 0 Å². The summed E-state index contributed by atoms with van der Waals surface area (Å²) >= 11 is 1.74. The Morgan fingerprint density at radius 2 is 2.24 bits per heavy atom. The third-order valence-electron chi connectivity index (χ3n) is 3.76. The highest BCUT2D eigenvalue weighted by Gasteiger charge is 2.30. The second-order valence-electron chi connectivity index (χ2n) is 5.13. The van der Waals surface area contributed by atoms with Crippen LogP contribution in [-0.2, 0) is 0 Å². The fraction of sp³-hybridized carbons (Fsp3) is 0.769. The molecule has 0 saturated carbocycles. The quantitative estimate of drug-likeness (QED) is 0.900. The molecule has 4 heteroatoms. The lowest BCUT2D eigenvalue weighted by molar-refractivity contribution is 0.0873. The zero-order valence-corrected chi connectivity index (χ0v) is 11.8. The standard InChI is InChI=1S/C13H23N3S/c1-9(14)13-6-4-5-7-16(13)10(2)12-8-17-11(3)15-12/h8-10,13H,4-7,14H2,1-3H3. The molecule has 1 fully saturated rings. The number of hydrogen-bond acceptors (Lipinski definition) is 4. The maximum Gasteiger partial charge on any atom is 0.0898 e. The van der Waals surface area contributed by atoms with Gasteiger partial charge in [0, 0.05) is 17.5 Å². The normalized spacial score (nSPS) is 25.8. The summed E-state index contributed by atoms with van der Waals surface area (Å²) in [5, 5.41) is 3.34. The van der Waals surface area contributed by atoms with E-state index in [2.05, 4.69) is 36.0 Å². The van der Waals surface area contributed by atoms with E-state index in [0.717, 1.165) is 11.6 Å². The van der Waals surface area contributed by atoms with E-state index in [9.17, 15) is 0 Å². The number of nitrogens with two attached hydrogens (primary N) is 1. The SMILES string of the molecule is Cc1nc(C(C)N2CCCCC2C(C)N)cs1. The van der Waals surface area contributed by atoms with E-state index >= 15 is 0 Å². The average Bonchev–Trinajstić information content (AvgIpc) is 2.75. The highest BCUT2D eigenvalue weighted by atomic mass is 32.1. The first kappa shape index (κ1) is 13.0. The van der Waals surface area contributed by atoms with Crippen LogP contribution in [0, 0.1) is 6.92 Å². The Morgan fingerprint density at radius 3 is 2.82 bits per heavy atom. The number of thiazole rings is 1. The van der Waals surface area contributed by atoms with Gasteiger partial charge in [0.15, 0.2) is 0 Å². The minimum Gasteiger partial charge on any atom is -0.327 e. The summed E-state index contributed by atoms with van der Waals surface area (Å²) in [6.45, 7) is 7.61. The van der Waals surface area contributed by atoms with Gasteiger partial charge < -0.3 is 5.73 Å². The molecular formula is C13H23N3S. The maximum atomic E-state index is 6.12. The third-order valence-corrected chi connectivity index (χ3v) is 4.55. The summed E-state index contributed by atoms with van der Waals surface area (Å²) in [4.78, 5) is 7.16. The van der Waals surface area contributed by atoms with Gasteiger partial charge in [0.1, 0.15) is 0 Å². The number of likely N-dealkylation sites (tertiary alicyclic amines) is 1. The van der Waals surface area contributed by atoms with Crippen LogP contribution in [0.15, 0.2) is 5.38 Å². The summed E-state index contributed by atoms with van der Waals surface area (Å²) < 4.78 is 0. The van der Waals surface area contributed by atoms with Crippen LogP contribution >= 0.6 is 11.3 Å². The van der Waals surface area contributed by atoms with Crippen LogP contribution in [0.25, 0.3) is 0 Å². The molecule has 2 rings (SSSR count). The van der Waals surface area contributed by atoms with E-state index in [1.165, 1.54) is 25.0 Å². The van der Waals surface area contributed by atoms with Gasteiger partial charge in [0.2, 0.25) is 0 Å². The monoisotopic (exact) mass is 253 g/mol. The lowest BCUT2D eigenvalue weighted by Gasteiger charge is -2.41. The molecule has 2 heterocycles. The van der Waals surface area contributed by atoms with Crippen LogP contribution in [0.3, 0.4) is 0 Å². The van der Waals surface area contributed by atoms with Crippen molar-refractivity contribution in [3.8, 4) is 0 Å². The van der Waals surface area contributed by atoms with Crippen LogP contribution < -0.4 is 5.73 Å². The fourth-order valence-corrected chi connectivity index (χ4v) is 3.47. The van der Waals surface area contributed by atoms with Gasteiger partial charge in [-0.05, 0) is 40.2 Å². The molecule has 1 aromatic rings. The van der Waals surface area contributed by atoms with E-state index in [-0.39, 0.29) is 6.04 Å². The van der Waals surface area contributed by atoms with Crippen LogP contribution in [0.1, 0.15) is 49.9 Å². The minimum absolute atomic E-state index is 0.248. The Bertz CT molecular complexity index is 361. The molecule has 96 valence electrons. The number of piperidine rings is 1. The van der Waals surface area contributed by atoms with E-state index in [1.54, 1.807) is 11.3 Å². The van der Waals surface area contributed by atoms with Crippen molar-refractivity contribution in [1.82, 2.24) is 9.88 Å². The van der Waals surface area contributed by atoms with Gasteiger partial charge in [-0.1, -0.05) is 6.42 Å². The Kier molecular flexibility index (Phi) is 4.17. The first-order chi connectivity index (χ1) is 8.09. The molecule has 0 amide bonds. The number of hydrogen-bond donors (Lipinski definition) is 1. The Morgan fingerprint density at radius 1 is 1.47 bits per heavy atom. The zero-order valence-electron chi connectivity index (χ0n) is 11.0. The predicted molar refractivity (Wildman–Crippen MR) is 73.3 cm³/mol. The molecule has 2 N–H and O–H groups in total. The highest BCUT2D eigenvalue weighted by molar-refractivity contribution is 7.09. The molecule has 1 aromatic heterocycles. The van der Waals surface area contributed by atoms with Gasteiger partial charge >= 0.3 is 0 Å². The average molecular weight is 253 g/mol. The summed E-state index contributed by atoms with van der Waals surface area (Å²) in [6.07, 6.45) is 3.83. The van der Waals surface area contributed by atoms with Crippen LogP contribution in [0.2, 0.25) is 0 Å². The molecule has 0 spiro atoms. The van der Waals surface area contributed by atoms with Gasteiger partial charge in [-0.25, -0.2) is 4.98 Å². The maximum absolute atomic E-state index is 6.12. The van der Waals surface area contributed by atoms with E-state index in [0.29, 0.717) is 12.1 Å². The zero-order chi connectivity index (χ0) is 12.4. The van der Waals surface area contributed by atoms with Gasteiger partial charge in [-0.3, -0.25) is 4.90 Å². The van der Waals surface area contributed by atoms with Crippen molar-refractivity contribution in [2.45, 2.75) is 58.2 Å². The molecule has 17 heavy (non-hydrogen) atoms. The minimum atomic E-state index is 0.248. The van der Waals surface area contributed by atoms with Gasteiger partial charge in [-0.2, -0.15) is 0 Å². The number of aryl methyl sites for hydroxylation is 1. The van der Waals surface area contributed by atoms with Gasteiger partial charge in [-0.15, -0.1) is 11.3 Å². The van der Waals surface area contributed by atoms with Crippen molar-refractivity contribution < 1.29 is 0 Å². The molecule has 1 aliphatic heterocycles. The van der Waals surface area contributed by atoms with Crippen molar-refractivity contribution in [2.24, 2.45) is 5.73 Å². The van der Waals surface area contributed by atoms with Crippen molar-refractivity contribution in [3.05, 3.63) is 16.1 Å². The molecule has 1 aliphatic rings. The van der Waals surface area contributed by atoms with Crippen molar-refractivity contribution in [3.63, 3.8) is 0 Å². The Hall–Kier alpha value is -0.450. The van der Waals surface area contributed by atoms with Gasteiger partial charge in [0.05, 0.1) is 16.7 Å². The Balaban J connectivity index is 2.13. The second-order valence-corrected chi connectivity index (χ2v) is 6.19. The molecule has 0 aliphatic carbocycles. The first-order valence-corrected chi connectivity index (χ1v) is 7.41. The summed E-state index contributed by atoms with van der Waals surface area (Å²) in [5.41, 5.74) is 7.33. The van der Waals surface area contributed by atoms with Crippen LogP contribution in [0.4, 0.5) is 0 Å². The van der Waals surface area contributed by atoms with Crippen molar-refractivity contribution >= 4 is 11.3 Å². The van der Waals surface area contributed by atoms with Gasteiger partial charge in [0.25, 0.3) is 0 Å². The predicted octanol–water partition coefficient (Wildman–Crippen LogP) is 2.71. The molecule has 3 unspecified atom stereocenters. The fourth-order valence-electron chi connectivity index (χ4n) is 2.77. The molecule has 0 radical (unpaired) electrons. The molecule has 3 atom stereocenters. The van der Waals surface area contributed by atoms with E-state index in [4.69, 9.17) is 5.73 Å². The number of rotatable bonds is 3. The first-order valence-electron chi connectivity index (χ1n) is 6.53. The van der Waals surface area contributed by atoms with E-state index in [1.807, 2.05) is 0 Å². The molecular weight excluding hydrogens is 230 g/mol. The van der Waals surface area contributed by atoms with Crippen LogP contribution in [-0.4, -0.2) is 28.5 Å². The van der Waals surface area contributed by atoms with Crippen molar-refractivity contribution in [2.75, 3.05) is 6.54 Å². The molecule has 0 bridgehead atoms. The largest absolute Gasteiger partial charge is 0.327 e. The van der Waals surface area contributed by atoms with Crippen LogP contribution in [0.5, 0.6) is 0 Å². The van der Waals surface area contributed by atoms with E-state index < -0.39 is 0 Å². The molecule has 0 aromatic carbocycles. The smallest absolute Gasteiger partial charge is 0.0898 e. The lowest BCUT2D eigenvalue weighted by Crippen LogP contribution is -2.49. The summed E-state index contributed by atoms with van der Waals surface area (Å²) in [7, 11) is 0. The topological polar surface area (TPSA) is 42.2 Å². The summed E-state index contributed by atoms with van der Waals surface area (Å²) in [6, 6.07) is 1.16.